The van der Waals surface area contributed by atoms with Gasteiger partial charge in [-0.1, -0.05) is 72.8 Å². The molecule has 0 spiro atoms. The second kappa shape index (κ2) is 11.5. The highest BCUT2D eigenvalue weighted by molar-refractivity contribution is 5.84. The number of fused-ring (bicyclic) bond motifs is 2. The SMILES string of the molecule is COc1ccc(C(Nc2ncnc3c2ncn3[C@@H]2OC([C@H](C)O)[C@H]3OC(OC)O[C@]32C)(c2ccccc2)c2ccccc2)cc1. The van der Waals surface area contributed by atoms with E-state index in [1.54, 1.807) is 24.9 Å². The highest BCUT2D eigenvalue weighted by atomic mass is 16.9. The number of imidazole rings is 1. The Bertz CT molecular complexity index is 1730. The summed E-state index contributed by atoms with van der Waals surface area (Å²) in [6.07, 6.45) is 0.388. The molecule has 0 saturated carbocycles. The predicted octanol–water partition coefficient (Wildman–Crippen LogP) is 4.62. The van der Waals surface area contributed by atoms with Crippen LogP contribution in [0, 0.1) is 0 Å². The minimum atomic E-state index is -0.991. The molecule has 6 atom stereocenters. The van der Waals surface area contributed by atoms with Crippen molar-refractivity contribution in [2.75, 3.05) is 19.5 Å². The zero-order valence-electron chi connectivity index (χ0n) is 25.4. The van der Waals surface area contributed by atoms with Crippen LogP contribution in [0.1, 0.15) is 36.8 Å². The van der Waals surface area contributed by atoms with Crippen LogP contribution < -0.4 is 10.1 Å². The van der Waals surface area contributed by atoms with Crippen molar-refractivity contribution in [2.24, 2.45) is 0 Å². The molecule has 2 aromatic heterocycles. The lowest BCUT2D eigenvalue weighted by Gasteiger charge is -2.37. The molecule has 3 aromatic carbocycles. The molecule has 45 heavy (non-hydrogen) atoms. The average molecular weight is 610 g/mol. The van der Waals surface area contributed by atoms with Gasteiger partial charge in [-0.25, -0.2) is 15.0 Å². The van der Waals surface area contributed by atoms with Gasteiger partial charge in [0.25, 0.3) is 6.48 Å². The van der Waals surface area contributed by atoms with Gasteiger partial charge < -0.3 is 34.1 Å². The van der Waals surface area contributed by atoms with E-state index in [1.807, 2.05) is 55.5 Å². The number of nitrogens with zero attached hydrogens (tertiary/aromatic N) is 4. The number of hydrogen-bond donors (Lipinski definition) is 2. The normalized spacial score (nSPS) is 25.3. The zero-order chi connectivity index (χ0) is 31.2. The van der Waals surface area contributed by atoms with Crippen molar-refractivity contribution in [3.05, 3.63) is 114 Å². The number of rotatable bonds is 9. The summed E-state index contributed by atoms with van der Waals surface area (Å²) in [7, 11) is 3.16. The van der Waals surface area contributed by atoms with Crippen LogP contribution in [0.25, 0.3) is 11.2 Å². The number of methoxy groups -OCH3 is 2. The maximum Gasteiger partial charge on any atom is 0.272 e. The number of aliphatic hydroxyl groups excluding tert-OH is 1. The maximum absolute atomic E-state index is 10.6. The van der Waals surface area contributed by atoms with Gasteiger partial charge in [0.05, 0.1) is 19.5 Å². The van der Waals surface area contributed by atoms with E-state index in [2.05, 4.69) is 46.7 Å². The number of hydrogen-bond acceptors (Lipinski definition) is 10. The van der Waals surface area contributed by atoms with Crippen molar-refractivity contribution in [3.63, 3.8) is 0 Å². The lowest BCUT2D eigenvalue weighted by Crippen LogP contribution is -2.43. The summed E-state index contributed by atoms with van der Waals surface area (Å²) in [5.74, 6) is 1.28. The summed E-state index contributed by atoms with van der Waals surface area (Å²) in [4.78, 5) is 14.1. The monoisotopic (exact) mass is 609 g/mol. The van der Waals surface area contributed by atoms with E-state index in [9.17, 15) is 5.11 Å². The Hall–Kier alpha value is -4.39. The largest absolute Gasteiger partial charge is 0.497 e. The number of aliphatic hydroxyl groups is 1. The van der Waals surface area contributed by atoms with Crippen LogP contribution in [0.5, 0.6) is 5.75 Å². The third-order valence-corrected chi connectivity index (χ3v) is 8.77. The van der Waals surface area contributed by atoms with Gasteiger partial charge in [0.1, 0.15) is 35.4 Å². The molecule has 0 bridgehead atoms. The molecule has 11 nitrogen and oxygen atoms in total. The van der Waals surface area contributed by atoms with Gasteiger partial charge in [0, 0.05) is 7.11 Å². The van der Waals surface area contributed by atoms with Gasteiger partial charge >= 0.3 is 0 Å². The van der Waals surface area contributed by atoms with Crippen molar-refractivity contribution < 1.29 is 28.8 Å². The van der Waals surface area contributed by atoms with Crippen LogP contribution in [0.4, 0.5) is 5.82 Å². The standard InChI is InChI=1S/C34H35N5O6/c1-21(40)27-28-33(2,45-32(42-4)44-28)31(43-27)39-20-37-26-29(35-19-36-30(26)39)38-34(22-11-7-5-8-12-22,23-13-9-6-10-14-23)24-15-17-25(41-3)18-16-24/h5-21,27-28,31-32,40H,1-4H3,(H,35,36,38)/t21-,27?,28+,31+,32?,33+/m0/s1. The minimum Gasteiger partial charge on any atom is -0.497 e. The molecule has 0 amide bonds. The molecule has 5 aromatic rings. The van der Waals surface area contributed by atoms with Crippen LogP contribution >= 0.6 is 0 Å². The van der Waals surface area contributed by atoms with Crippen LogP contribution in [0.15, 0.2) is 97.6 Å². The molecular weight excluding hydrogens is 574 g/mol. The first kappa shape index (κ1) is 29.3. The lowest BCUT2D eigenvalue weighted by molar-refractivity contribution is -0.271. The Kier molecular flexibility index (Phi) is 7.50. The molecule has 0 aliphatic carbocycles. The van der Waals surface area contributed by atoms with Gasteiger partial charge in [-0.2, -0.15) is 0 Å². The highest BCUT2D eigenvalue weighted by Gasteiger charge is 2.63. The van der Waals surface area contributed by atoms with Gasteiger partial charge in [0.2, 0.25) is 0 Å². The van der Waals surface area contributed by atoms with Crippen molar-refractivity contribution in [3.8, 4) is 5.75 Å². The fraction of sp³-hybridized carbons (Fsp3) is 0.324. The molecule has 4 heterocycles. The van der Waals surface area contributed by atoms with Crippen LogP contribution in [-0.4, -0.2) is 69.2 Å². The second-order valence-corrected chi connectivity index (χ2v) is 11.5. The third-order valence-electron chi connectivity index (χ3n) is 8.77. The number of aromatic nitrogens is 4. The van der Waals surface area contributed by atoms with Crippen molar-refractivity contribution in [1.29, 1.82) is 0 Å². The highest BCUT2D eigenvalue weighted by Crippen LogP contribution is 2.50. The van der Waals surface area contributed by atoms with Crippen molar-refractivity contribution in [2.45, 2.75) is 56.0 Å². The topological polar surface area (TPSA) is 122 Å². The summed E-state index contributed by atoms with van der Waals surface area (Å²) in [5.41, 5.74) is 2.18. The maximum atomic E-state index is 10.6. The fourth-order valence-corrected chi connectivity index (χ4v) is 6.55. The van der Waals surface area contributed by atoms with E-state index < -0.39 is 42.2 Å². The second-order valence-electron chi connectivity index (χ2n) is 11.5. The molecule has 2 fully saturated rings. The summed E-state index contributed by atoms with van der Waals surface area (Å²) in [6, 6.07) is 28.4. The first-order valence-corrected chi connectivity index (χ1v) is 14.8. The van der Waals surface area contributed by atoms with Gasteiger partial charge in [-0.05, 0) is 42.7 Å². The molecule has 0 radical (unpaired) electrons. The first-order valence-electron chi connectivity index (χ1n) is 14.8. The van der Waals surface area contributed by atoms with E-state index in [-0.39, 0.29) is 0 Å². The molecule has 2 aliphatic heterocycles. The molecule has 2 saturated heterocycles. The van der Waals surface area contributed by atoms with E-state index in [1.165, 1.54) is 13.4 Å². The number of anilines is 1. The van der Waals surface area contributed by atoms with Gasteiger partial charge in [-0.15, -0.1) is 0 Å². The fourth-order valence-electron chi connectivity index (χ4n) is 6.55. The number of ether oxygens (including phenoxy) is 5. The smallest absolute Gasteiger partial charge is 0.272 e. The van der Waals surface area contributed by atoms with Gasteiger partial charge in [0.15, 0.2) is 23.2 Å². The van der Waals surface area contributed by atoms with E-state index in [0.29, 0.717) is 17.0 Å². The molecular formula is C34H35N5O6. The predicted molar refractivity (Wildman–Crippen MR) is 165 cm³/mol. The van der Waals surface area contributed by atoms with Crippen LogP contribution in [-0.2, 0) is 24.5 Å². The molecule has 11 heteroatoms. The molecule has 2 unspecified atom stereocenters. The summed E-state index contributed by atoms with van der Waals surface area (Å²) in [6.45, 7) is 2.66. The summed E-state index contributed by atoms with van der Waals surface area (Å²) in [5, 5.41) is 14.4. The van der Waals surface area contributed by atoms with Crippen molar-refractivity contribution in [1.82, 2.24) is 19.5 Å². The van der Waals surface area contributed by atoms with Crippen LogP contribution in [0.3, 0.4) is 0 Å². The third kappa shape index (κ3) is 4.75. The molecule has 2 aliphatic rings. The Labute approximate surface area is 260 Å². The van der Waals surface area contributed by atoms with E-state index in [4.69, 9.17) is 33.7 Å². The Morgan fingerprint density at radius 2 is 1.53 bits per heavy atom. The van der Waals surface area contributed by atoms with Crippen molar-refractivity contribution >= 4 is 17.0 Å². The summed E-state index contributed by atoms with van der Waals surface area (Å²) >= 11 is 0. The Balaban J connectivity index is 1.37. The van der Waals surface area contributed by atoms with Crippen LogP contribution in [0.2, 0.25) is 0 Å². The molecule has 7 rings (SSSR count). The minimum absolute atomic E-state index is 0.521. The average Bonchev–Trinajstić information content (AvgIpc) is 3.74. The summed E-state index contributed by atoms with van der Waals surface area (Å²) < 4.78 is 31.2. The van der Waals surface area contributed by atoms with Gasteiger partial charge in [-0.3, -0.25) is 4.57 Å². The van der Waals surface area contributed by atoms with E-state index >= 15 is 0 Å². The van der Waals surface area contributed by atoms with E-state index in [0.717, 1.165) is 22.4 Å². The Morgan fingerprint density at radius 1 is 0.889 bits per heavy atom. The number of nitrogens with one attached hydrogen (secondary N) is 1. The quantitative estimate of drug-likeness (QED) is 0.229. The zero-order valence-corrected chi connectivity index (χ0v) is 25.4. The Morgan fingerprint density at radius 3 is 2.13 bits per heavy atom. The molecule has 2 N–H and O–H groups in total. The lowest BCUT2D eigenvalue weighted by atomic mass is 9.77. The first-order chi connectivity index (χ1) is 21.9. The number of benzene rings is 3. The molecule has 232 valence electrons.